The zero-order valence-corrected chi connectivity index (χ0v) is 14.6. The normalized spacial score (nSPS) is 11.9. The molecule has 0 amide bonds. The van der Waals surface area contributed by atoms with Gasteiger partial charge in [-0.25, -0.2) is 13.1 Å². The molecule has 0 atom stereocenters. The molecule has 0 aliphatic rings. The van der Waals surface area contributed by atoms with Gasteiger partial charge in [0.15, 0.2) is 0 Å². The summed E-state index contributed by atoms with van der Waals surface area (Å²) >= 11 is 1.39. The molecule has 0 aromatic carbocycles. The molecule has 0 saturated heterocycles. The molecule has 0 aliphatic heterocycles. The van der Waals surface area contributed by atoms with Gasteiger partial charge in [-0.05, 0) is 12.5 Å². The Hall–Kier alpha value is -0.430. The van der Waals surface area contributed by atoms with Crippen molar-refractivity contribution in [3.63, 3.8) is 0 Å². The standard InChI is InChI=1S/C15H28N2O2S2/c1-2-3-4-5-6-7-8-9-10-17-21(18,19)15-11-14(12-16)20-13-15/h11,13,17H,2-10,12,16H2,1H3. The number of thiophene rings is 1. The van der Waals surface area contributed by atoms with Crippen molar-refractivity contribution in [3.8, 4) is 0 Å². The highest BCUT2D eigenvalue weighted by molar-refractivity contribution is 7.89. The van der Waals surface area contributed by atoms with Crippen LogP contribution < -0.4 is 10.5 Å². The van der Waals surface area contributed by atoms with Crippen LogP contribution in [0.1, 0.15) is 63.2 Å². The number of unbranched alkanes of at least 4 members (excludes halogenated alkanes) is 7. The smallest absolute Gasteiger partial charge is 0.241 e. The summed E-state index contributed by atoms with van der Waals surface area (Å²) in [4.78, 5) is 1.23. The number of rotatable bonds is 12. The molecule has 1 heterocycles. The van der Waals surface area contributed by atoms with Gasteiger partial charge in [-0.2, -0.15) is 0 Å². The SMILES string of the molecule is CCCCCCCCCCNS(=O)(=O)c1csc(CN)c1. The minimum Gasteiger partial charge on any atom is -0.326 e. The number of nitrogens with one attached hydrogen (secondary N) is 1. The first kappa shape index (κ1) is 18.6. The maximum absolute atomic E-state index is 12.0. The average molecular weight is 333 g/mol. The largest absolute Gasteiger partial charge is 0.326 e. The third-order valence-electron chi connectivity index (χ3n) is 3.46. The molecule has 21 heavy (non-hydrogen) atoms. The summed E-state index contributed by atoms with van der Waals surface area (Å²) in [6.45, 7) is 3.12. The Labute approximate surface area is 133 Å². The Morgan fingerprint density at radius 1 is 1.10 bits per heavy atom. The molecule has 1 rings (SSSR count). The first-order valence-electron chi connectivity index (χ1n) is 7.87. The molecular weight excluding hydrogens is 304 g/mol. The van der Waals surface area contributed by atoms with Crippen molar-refractivity contribution in [1.29, 1.82) is 0 Å². The lowest BCUT2D eigenvalue weighted by Crippen LogP contribution is -2.24. The van der Waals surface area contributed by atoms with Gasteiger partial charge >= 0.3 is 0 Å². The third-order valence-corrected chi connectivity index (χ3v) is 6.01. The van der Waals surface area contributed by atoms with Crippen LogP contribution in [0.4, 0.5) is 0 Å². The van der Waals surface area contributed by atoms with Crippen molar-refractivity contribution < 1.29 is 8.42 Å². The highest BCUT2D eigenvalue weighted by Gasteiger charge is 2.14. The summed E-state index contributed by atoms with van der Waals surface area (Å²) in [5.74, 6) is 0. The van der Waals surface area contributed by atoms with E-state index in [1.54, 1.807) is 11.4 Å². The first-order valence-corrected chi connectivity index (χ1v) is 10.2. The van der Waals surface area contributed by atoms with E-state index in [2.05, 4.69) is 11.6 Å². The molecule has 0 saturated carbocycles. The number of nitrogens with two attached hydrogens (primary N) is 1. The second-order valence-electron chi connectivity index (χ2n) is 5.33. The minimum atomic E-state index is -3.35. The fraction of sp³-hybridized carbons (Fsp3) is 0.733. The number of sulfonamides is 1. The lowest BCUT2D eigenvalue weighted by Gasteiger charge is -2.05. The van der Waals surface area contributed by atoms with E-state index in [9.17, 15) is 8.42 Å². The van der Waals surface area contributed by atoms with E-state index in [1.807, 2.05) is 0 Å². The van der Waals surface area contributed by atoms with E-state index in [0.29, 0.717) is 18.0 Å². The second kappa shape index (κ2) is 10.3. The van der Waals surface area contributed by atoms with Crippen LogP contribution in [0.25, 0.3) is 0 Å². The molecule has 4 nitrogen and oxygen atoms in total. The fourth-order valence-electron chi connectivity index (χ4n) is 2.16. The van der Waals surface area contributed by atoms with Crippen LogP contribution in [-0.4, -0.2) is 15.0 Å². The van der Waals surface area contributed by atoms with Gasteiger partial charge < -0.3 is 5.73 Å². The summed E-state index contributed by atoms with van der Waals surface area (Å²) in [5, 5.41) is 1.65. The summed E-state index contributed by atoms with van der Waals surface area (Å²) in [5.41, 5.74) is 5.50. The van der Waals surface area contributed by atoms with E-state index in [-0.39, 0.29) is 0 Å². The molecule has 0 spiro atoms. The van der Waals surface area contributed by atoms with Crippen molar-refractivity contribution in [2.75, 3.05) is 6.54 Å². The average Bonchev–Trinajstić information content (AvgIpc) is 2.95. The highest BCUT2D eigenvalue weighted by atomic mass is 32.2. The molecule has 6 heteroatoms. The van der Waals surface area contributed by atoms with Gasteiger partial charge in [0.1, 0.15) is 0 Å². The van der Waals surface area contributed by atoms with Crippen LogP contribution >= 0.6 is 11.3 Å². The molecule has 0 fully saturated rings. The number of hydrogen-bond donors (Lipinski definition) is 2. The lowest BCUT2D eigenvalue weighted by atomic mass is 10.1. The van der Waals surface area contributed by atoms with Crippen molar-refractivity contribution in [3.05, 3.63) is 16.3 Å². The van der Waals surface area contributed by atoms with Crippen LogP contribution in [-0.2, 0) is 16.6 Å². The van der Waals surface area contributed by atoms with Crippen LogP contribution in [0, 0.1) is 0 Å². The van der Waals surface area contributed by atoms with Crippen molar-refractivity contribution in [1.82, 2.24) is 4.72 Å². The molecule has 0 unspecified atom stereocenters. The van der Waals surface area contributed by atoms with Crippen molar-refractivity contribution >= 4 is 21.4 Å². The van der Waals surface area contributed by atoms with Crippen molar-refractivity contribution in [2.45, 2.75) is 69.7 Å². The Bertz CT molecular complexity index is 484. The molecule has 0 aliphatic carbocycles. The highest BCUT2D eigenvalue weighted by Crippen LogP contribution is 2.18. The topological polar surface area (TPSA) is 72.2 Å². The summed E-state index contributed by atoms with van der Waals surface area (Å²) in [7, 11) is -3.35. The maximum atomic E-state index is 12.0. The second-order valence-corrected chi connectivity index (χ2v) is 8.09. The van der Waals surface area contributed by atoms with E-state index in [4.69, 9.17) is 5.73 Å². The van der Waals surface area contributed by atoms with Gasteiger partial charge in [0.05, 0.1) is 4.90 Å². The molecule has 122 valence electrons. The van der Waals surface area contributed by atoms with Crippen LogP contribution in [0.3, 0.4) is 0 Å². The zero-order chi connectivity index (χ0) is 15.6. The van der Waals surface area contributed by atoms with Crippen LogP contribution in [0.5, 0.6) is 0 Å². The van der Waals surface area contributed by atoms with Gasteiger partial charge in [0.25, 0.3) is 0 Å². The number of hydrogen-bond acceptors (Lipinski definition) is 4. The van der Waals surface area contributed by atoms with Crippen LogP contribution in [0.15, 0.2) is 16.3 Å². The van der Waals surface area contributed by atoms with Gasteiger partial charge in [-0.3, -0.25) is 0 Å². The third kappa shape index (κ3) is 7.40. The first-order chi connectivity index (χ1) is 10.1. The van der Waals surface area contributed by atoms with Crippen molar-refractivity contribution in [2.24, 2.45) is 5.73 Å². The Morgan fingerprint density at radius 3 is 2.29 bits per heavy atom. The van der Waals surface area contributed by atoms with Gasteiger partial charge in [0, 0.05) is 23.3 Å². The van der Waals surface area contributed by atoms with E-state index < -0.39 is 10.0 Å². The van der Waals surface area contributed by atoms with E-state index in [1.165, 1.54) is 49.9 Å². The van der Waals surface area contributed by atoms with E-state index >= 15 is 0 Å². The minimum absolute atomic E-state index is 0.340. The monoisotopic (exact) mass is 332 g/mol. The fourth-order valence-corrected chi connectivity index (χ4v) is 4.39. The zero-order valence-electron chi connectivity index (χ0n) is 12.9. The van der Waals surface area contributed by atoms with E-state index in [0.717, 1.165) is 17.7 Å². The molecule has 3 N–H and O–H groups in total. The summed E-state index contributed by atoms with van der Waals surface area (Å²) < 4.78 is 26.7. The predicted molar refractivity (Wildman–Crippen MR) is 90.0 cm³/mol. The van der Waals surface area contributed by atoms with Gasteiger partial charge in [-0.15, -0.1) is 11.3 Å². The molecule has 0 radical (unpaired) electrons. The van der Waals surface area contributed by atoms with Gasteiger partial charge in [0.2, 0.25) is 10.0 Å². The van der Waals surface area contributed by atoms with Gasteiger partial charge in [-0.1, -0.05) is 51.9 Å². The Kier molecular flexibility index (Phi) is 9.15. The predicted octanol–water partition coefficient (Wildman–Crippen LogP) is 3.63. The summed E-state index contributed by atoms with van der Waals surface area (Å²) in [6, 6.07) is 1.65. The Morgan fingerprint density at radius 2 is 1.71 bits per heavy atom. The molecule has 1 aromatic rings. The molecular formula is C15H28N2O2S2. The molecule has 1 aromatic heterocycles. The maximum Gasteiger partial charge on any atom is 0.241 e. The van der Waals surface area contributed by atoms with Crippen LogP contribution in [0.2, 0.25) is 0 Å². The summed E-state index contributed by atoms with van der Waals surface area (Å²) in [6.07, 6.45) is 9.67. The Balaban J connectivity index is 2.14. The molecule has 0 bridgehead atoms. The quantitative estimate of drug-likeness (QED) is 0.574. The lowest BCUT2D eigenvalue weighted by molar-refractivity contribution is 0.559.